The van der Waals surface area contributed by atoms with Crippen molar-refractivity contribution in [3.05, 3.63) is 94.0 Å². The summed E-state index contributed by atoms with van der Waals surface area (Å²) in [7, 11) is 0. The minimum absolute atomic E-state index is 0.0229. The number of rotatable bonds is 4. The van der Waals surface area contributed by atoms with Gasteiger partial charge in [0.1, 0.15) is 11.5 Å². The monoisotopic (exact) mass is 416 g/mol. The van der Waals surface area contributed by atoms with Crippen molar-refractivity contribution in [2.24, 2.45) is 0 Å². The molecule has 0 aliphatic carbocycles. The smallest absolute Gasteiger partial charge is 0.274 e. The van der Waals surface area contributed by atoms with E-state index in [1.807, 2.05) is 36.4 Å². The highest BCUT2D eigenvalue weighted by atomic mass is 32.1. The SMILES string of the molecule is Cc1nc(Cn2ccnc2[C@@H]2CN(C(=O)c3cnccn3)Cc3ccccc32)cs1. The molecule has 1 aromatic carbocycles. The van der Waals surface area contributed by atoms with E-state index in [4.69, 9.17) is 0 Å². The van der Waals surface area contributed by atoms with Gasteiger partial charge in [-0.3, -0.25) is 9.78 Å². The van der Waals surface area contributed by atoms with Crippen LogP contribution >= 0.6 is 11.3 Å². The molecule has 5 rings (SSSR count). The van der Waals surface area contributed by atoms with Gasteiger partial charge in [-0.15, -0.1) is 11.3 Å². The van der Waals surface area contributed by atoms with Crippen LogP contribution in [0.25, 0.3) is 0 Å². The number of aromatic nitrogens is 5. The maximum atomic E-state index is 13.1. The summed E-state index contributed by atoms with van der Waals surface area (Å²) >= 11 is 1.65. The number of carbonyl (C=O) groups is 1. The van der Waals surface area contributed by atoms with Crippen LogP contribution in [-0.2, 0) is 13.1 Å². The van der Waals surface area contributed by atoms with Crippen molar-refractivity contribution < 1.29 is 4.79 Å². The number of aryl methyl sites for hydroxylation is 1. The lowest BCUT2D eigenvalue weighted by molar-refractivity contribution is 0.0716. The highest BCUT2D eigenvalue weighted by Crippen LogP contribution is 2.33. The van der Waals surface area contributed by atoms with Crippen LogP contribution in [0.3, 0.4) is 0 Å². The molecule has 0 radical (unpaired) electrons. The third-order valence-electron chi connectivity index (χ3n) is 5.32. The first kappa shape index (κ1) is 18.6. The van der Waals surface area contributed by atoms with Crippen LogP contribution in [-0.4, -0.2) is 41.9 Å². The number of nitrogens with zero attached hydrogens (tertiary/aromatic N) is 6. The zero-order chi connectivity index (χ0) is 20.5. The summed E-state index contributed by atoms with van der Waals surface area (Å²) in [5, 5.41) is 3.13. The van der Waals surface area contributed by atoms with E-state index < -0.39 is 0 Å². The van der Waals surface area contributed by atoms with Crippen molar-refractivity contribution in [1.82, 2.24) is 29.4 Å². The van der Waals surface area contributed by atoms with E-state index in [0.717, 1.165) is 22.1 Å². The van der Waals surface area contributed by atoms with Crippen LogP contribution in [0.5, 0.6) is 0 Å². The Morgan fingerprint density at radius 1 is 1.20 bits per heavy atom. The Morgan fingerprint density at radius 3 is 2.90 bits per heavy atom. The van der Waals surface area contributed by atoms with E-state index in [1.165, 1.54) is 11.8 Å². The topological polar surface area (TPSA) is 76.8 Å². The van der Waals surface area contributed by atoms with Crippen LogP contribution in [0.2, 0.25) is 0 Å². The van der Waals surface area contributed by atoms with Gasteiger partial charge in [0.25, 0.3) is 5.91 Å². The van der Waals surface area contributed by atoms with Gasteiger partial charge >= 0.3 is 0 Å². The summed E-state index contributed by atoms with van der Waals surface area (Å²) in [6.45, 7) is 3.76. The van der Waals surface area contributed by atoms with Gasteiger partial charge in [0.15, 0.2) is 0 Å². The number of hydrogen-bond acceptors (Lipinski definition) is 6. The fourth-order valence-electron chi connectivity index (χ4n) is 3.97. The summed E-state index contributed by atoms with van der Waals surface area (Å²) in [5.41, 5.74) is 3.72. The molecule has 1 amide bonds. The zero-order valence-corrected chi connectivity index (χ0v) is 17.3. The van der Waals surface area contributed by atoms with E-state index in [1.54, 1.807) is 23.7 Å². The minimum atomic E-state index is -0.115. The quantitative estimate of drug-likeness (QED) is 0.510. The fourth-order valence-corrected chi connectivity index (χ4v) is 4.58. The van der Waals surface area contributed by atoms with Gasteiger partial charge in [0.2, 0.25) is 0 Å². The summed E-state index contributed by atoms with van der Waals surface area (Å²) in [5.74, 6) is 0.797. The Bertz CT molecular complexity index is 1190. The van der Waals surface area contributed by atoms with Gasteiger partial charge in [-0.25, -0.2) is 15.0 Å². The standard InChI is InChI=1S/C22H20N6OS/c1-15-26-17(14-30-15)12-27-9-8-25-21(27)19-13-28(11-16-4-2-3-5-18(16)19)22(29)20-10-23-6-7-24-20/h2-10,14,19H,11-13H2,1H3/t19-/m1/s1. The normalized spacial score (nSPS) is 15.8. The summed E-state index contributed by atoms with van der Waals surface area (Å²) < 4.78 is 2.13. The molecule has 3 aromatic heterocycles. The van der Waals surface area contributed by atoms with Gasteiger partial charge in [-0.1, -0.05) is 24.3 Å². The van der Waals surface area contributed by atoms with Crippen molar-refractivity contribution in [1.29, 1.82) is 0 Å². The average molecular weight is 417 g/mol. The largest absolute Gasteiger partial charge is 0.332 e. The molecule has 1 atom stereocenters. The first-order chi connectivity index (χ1) is 14.7. The van der Waals surface area contributed by atoms with Crippen molar-refractivity contribution in [3.8, 4) is 0 Å². The van der Waals surface area contributed by atoms with E-state index in [9.17, 15) is 4.79 Å². The van der Waals surface area contributed by atoms with Gasteiger partial charge in [-0.05, 0) is 18.1 Å². The Balaban J connectivity index is 1.50. The molecule has 7 nitrogen and oxygen atoms in total. The van der Waals surface area contributed by atoms with E-state index in [-0.39, 0.29) is 11.8 Å². The molecule has 0 spiro atoms. The Hall–Kier alpha value is -3.39. The van der Waals surface area contributed by atoms with Gasteiger partial charge < -0.3 is 9.47 Å². The molecule has 8 heteroatoms. The predicted molar refractivity (Wildman–Crippen MR) is 113 cm³/mol. The number of hydrogen-bond donors (Lipinski definition) is 0. The lowest BCUT2D eigenvalue weighted by Gasteiger charge is -2.34. The number of thiazole rings is 1. The third-order valence-corrected chi connectivity index (χ3v) is 6.14. The summed E-state index contributed by atoms with van der Waals surface area (Å²) in [6.07, 6.45) is 8.44. The van der Waals surface area contributed by atoms with Crippen molar-refractivity contribution in [2.45, 2.75) is 25.9 Å². The highest BCUT2D eigenvalue weighted by molar-refractivity contribution is 7.09. The molecule has 0 saturated carbocycles. The second-order valence-corrected chi connectivity index (χ2v) is 8.36. The van der Waals surface area contributed by atoms with E-state index in [2.05, 4.69) is 42.0 Å². The first-order valence-electron chi connectivity index (χ1n) is 9.74. The fraction of sp³-hybridized carbons (Fsp3) is 0.227. The zero-order valence-electron chi connectivity index (χ0n) is 16.5. The Kier molecular flexibility index (Phi) is 4.84. The van der Waals surface area contributed by atoms with Gasteiger partial charge in [0, 0.05) is 43.3 Å². The van der Waals surface area contributed by atoms with Crippen molar-refractivity contribution in [2.75, 3.05) is 6.54 Å². The molecule has 4 aromatic rings. The number of carbonyl (C=O) groups excluding carboxylic acids is 1. The first-order valence-corrected chi connectivity index (χ1v) is 10.6. The molecule has 0 bridgehead atoms. The van der Waals surface area contributed by atoms with Gasteiger partial charge in [0.05, 0.1) is 29.4 Å². The minimum Gasteiger partial charge on any atom is -0.332 e. The Morgan fingerprint density at radius 2 is 2.10 bits per heavy atom. The summed E-state index contributed by atoms with van der Waals surface area (Å²) in [4.78, 5) is 32.4. The maximum Gasteiger partial charge on any atom is 0.274 e. The van der Waals surface area contributed by atoms with Crippen molar-refractivity contribution in [3.63, 3.8) is 0 Å². The molecule has 1 aliphatic rings. The second-order valence-electron chi connectivity index (χ2n) is 7.30. The van der Waals surface area contributed by atoms with Crippen LogP contribution in [0.4, 0.5) is 0 Å². The highest BCUT2D eigenvalue weighted by Gasteiger charge is 2.32. The van der Waals surface area contributed by atoms with Crippen LogP contribution in [0, 0.1) is 6.92 Å². The van der Waals surface area contributed by atoms with Gasteiger partial charge in [-0.2, -0.15) is 0 Å². The van der Waals surface area contributed by atoms with Crippen LogP contribution in [0.15, 0.2) is 60.6 Å². The number of imidazole rings is 1. The molecule has 1 aliphatic heterocycles. The van der Waals surface area contributed by atoms with Crippen LogP contribution in [0.1, 0.15) is 44.1 Å². The van der Waals surface area contributed by atoms with Crippen molar-refractivity contribution >= 4 is 17.2 Å². The number of fused-ring (bicyclic) bond motifs is 1. The number of benzene rings is 1. The van der Waals surface area contributed by atoms with Crippen LogP contribution < -0.4 is 0 Å². The Labute approximate surface area is 178 Å². The lowest BCUT2D eigenvalue weighted by atomic mass is 9.88. The molecule has 0 fully saturated rings. The lowest BCUT2D eigenvalue weighted by Crippen LogP contribution is -2.39. The third kappa shape index (κ3) is 3.50. The average Bonchev–Trinajstić information content (AvgIpc) is 3.42. The second kappa shape index (κ2) is 7.79. The predicted octanol–water partition coefficient (Wildman–Crippen LogP) is 3.27. The molecule has 30 heavy (non-hydrogen) atoms. The molecule has 0 unspecified atom stereocenters. The molecular formula is C22H20N6OS. The molecule has 4 heterocycles. The molecule has 0 saturated heterocycles. The summed E-state index contributed by atoms with van der Waals surface area (Å²) in [6, 6.07) is 8.27. The molecule has 0 N–H and O–H groups in total. The molecule has 150 valence electrons. The number of amides is 1. The molecular weight excluding hydrogens is 396 g/mol. The van der Waals surface area contributed by atoms with E-state index in [0.29, 0.717) is 25.3 Å². The maximum absolute atomic E-state index is 13.1. The van der Waals surface area contributed by atoms with E-state index >= 15 is 0 Å².